The Morgan fingerprint density at radius 2 is 2.15 bits per heavy atom. The van der Waals surface area contributed by atoms with Crippen molar-refractivity contribution in [2.24, 2.45) is 0 Å². The van der Waals surface area contributed by atoms with E-state index in [0.717, 1.165) is 0 Å². The zero-order valence-electron chi connectivity index (χ0n) is 7.10. The third-order valence-electron chi connectivity index (χ3n) is 1.57. The van der Waals surface area contributed by atoms with E-state index in [1.807, 2.05) is 0 Å². The van der Waals surface area contributed by atoms with Crippen LogP contribution in [0.1, 0.15) is 10.4 Å². The number of benzene rings is 1. The highest BCUT2D eigenvalue weighted by Crippen LogP contribution is 2.20. The Morgan fingerprint density at radius 1 is 1.46 bits per heavy atom. The third-order valence-corrected chi connectivity index (χ3v) is 2.12. The maximum absolute atomic E-state index is 11.4. The second-order valence-electron chi connectivity index (χ2n) is 2.58. The smallest absolute Gasteiger partial charge is 0.178 e. The number of carbonyl (C=O) groups is 1. The molecule has 0 aliphatic heterocycles. The van der Waals surface area contributed by atoms with Crippen molar-refractivity contribution in [1.29, 1.82) is 0 Å². The molecule has 70 valence electrons. The minimum absolute atomic E-state index is 0.0378. The van der Waals surface area contributed by atoms with Gasteiger partial charge in [0.2, 0.25) is 0 Å². The van der Waals surface area contributed by atoms with E-state index in [-0.39, 0.29) is 12.3 Å². The van der Waals surface area contributed by atoms with Gasteiger partial charge in [0.25, 0.3) is 0 Å². The molecular formula is C9H9Cl2NO. The van der Waals surface area contributed by atoms with E-state index in [1.165, 1.54) is 0 Å². The molecule has 13 heavy (non-hydrogen) atoms. The molecule has 0 radical (unpaired) electrons. The van der Waals surface area contributed by atoms with Gasteiger partial charge >= 0.3 is 0 Å². The summed E-state index contributed by atoms with van der Waals surface area (Å²) in [5.74, 6) is -0.0378. The first-order valence-electron chi connectivity index (χ1n) is 3.78. The molecule has 0 unspecified atom stereocenters. The van der Waals surface area contributed by atoms with E-state index in [1.54, 1.807) is 25.2 Å². The van der Waals surface area contributed by atoms with E-state index in [2.05, 4.69) is 5.32 Å². The van der Waals surface area contributed by atoms with Crippen molar-refractivity contribution in [3.8, 4) is 0 Å². The summed E-state index contributed by atoms with van der Waals surface area (Å²) in [4.78, 5) is 11.4. The molecule has 1 aromatic rings. The Bertz CT molecular complexity index is 325. The topological polar surface area (TPSA) is 29.1 Å². The van der Waals surface area contributed by atoms with Gasteiger partial charge in [-0.2, -0.15) is 0 Å². The fourth-order valence-corrected chi connectivity index (χ4v) is 1.49. The fourth-order valence-electron chi connectivity index (χ4n) is 0.971. The Hall–Kier alpha value is -0.570. The summed E-state index contributed by atoms with van der Waals surface area (Å²) in [6, 6.07) is 4.84. The molecule has 2 nitrogen and oxygen atoms in total. The number of halogens is 2. The van der Waals surface area contributed by atoms with Crippen LogP contribution >= 0.6 is 23.2 Å². The number of likely N-dealkylation sites (N-methyl/N-ethyl adjacent to an activating group) is 1. The molecule has 0 amide bonds. The lowest BCUT2D eigenvalue weighted by atomic mass is 10.1. The van der Waals surface area contributed by atoms with Crippen LogP contribution in [0.4, 0.5) is 0 Å². The molecule has 1 aromatic carbocycles. The molecule has 0 aromatic heterocycles. The van der Waals surface area contributed by atoms with Gasteiger partial charge in [-0.1, -0.05) is 23.2 Å². The van der Waals surface area contributed by atoms with E-state index < -0.39 is 0 Å². The minimum atomic E-state index is -0.0378. The predicted molar refractivity (Wildman–Crippen MR) is 54.7 cm³/mol. The monoisotopic (exact) mass is 217 g/mol. The lowest BCUT2D eigenvalue weighted by molar-refractivity contribution is 0.0994. The van der Waals surface area contributed by atoms with Gasteiger partial charge in [0, 0.05) is 10.6 Å². The summed E-state index contributed by atoms with van der Waals surface area (Å²) < 4.78 is 0. The van der Waals surface area contributed by atoms with Crippen LogP contribution in [0.2, 0.25) is 10.0 Å². The Kier molecular flexibility index (Phi) is 3.72. The molecule has 1 rings (SSSR count). The SMILES string of the molecule is CNCC(=O)c1ccc(Cl)cc1Cl. The van der Waals surface area contributed by atoms with Crippen LogP contribution in [0.3, 0.4) is 0 Å². The number of hydrogen-bond donors (Lipinski definition) is 1. The lowest BCUT2D eigenvalue weighted by Gasteiger charge is -2.02. The van der Waals surface area contributed by atoms with Crippen molar-refractivity contribution in [3.63, 3.8) is 0 Å². The normalized spacial score (nSPS) is 10.1. The van der Waals surface area contributed by atoms with Gasteiger partial charge in [-0.05, 0) is 25.2 Å². The van der Waals surface area contributed by atoms with Crippen LogP contribution in [-0.2, 0) is 0 Å². The van der Waals surface area contributed by atoms with Gasteiger partial charge in [0.05, 0.1) is 11.6 Å². The van der Waals surface area contributed by atoms with Gasteiger partial charge in [-0.15, -0.1) is 0 Å². The number of rotatable bonds is 3. The number of Topliss-reactive ketones (excluding diaryl/α,β-unsaturated/α-hetero) is 1. The van der Waals surface area contributed by atoms with Crippen molar-refractivity contribution >= 4 is 29.0 Å². The summed E-state index contributed by atoms with van der Waals surface area (Å²) >= 11 is 11.5. The number of carbonyl (C=O) groups excluding carboxylic acids is 1. The van der Waals surface area contributed by atoms with Crippen molar-refractivity contribution in [1.82, 2.24) is 5.32 Å². The van der Waals surface area contributed by atoms with Crippen LogP contribution in [0, 0.1) is 0 Å². The van der Waals surface area contributed by atoms with Crippen molar-refractivity contribution < 1.29 is 4.79 Å². The number of nitrogens with one attached hydrogen (secondary N) is 1. The molecular weight excluding hydrogens is 209 g/mol. The predicted octanol–water partition coefficient (Wildman–Crippen LogP) is 2.40. The van der Waals surface area contributed by atoms with E-state index in [9.17, 15) is 4.79 Å². The van der Waals surface area contributed by atoms with Gasteiger partial charge in [-0.3, -0.25) is 4.79 Å². The standard InChI is InChI=1S/C9H9Cl2NO/c1-12-5-9(13)7-3-2-6(10)4-8(7)11/h2-4,12H,5H2,1H3. The Balaban J connectivity index is 2.95. The van der Waals surface area contributed by atoms with Crippen molar-refractivity contribution in [2.75, 3.05) is 13.6 Å². The first-order valence-corrected chi connectivity index (χ1v) is 4.53. The molecule has 0 aliphatic rings. The summed E-state index contributed by atoms with van der Waals surface area (Å²) in [5, 5.41) is 3.70. The lowest BCUT2D eigenvalue weighted by Crippen LogP contribution is -2.18. The van der Waals surface area contributed by atoms with E-state index >= 15 is 0 Å². The Morgan fingerprint density at radius 3 is 2.69 bits per heavy atom. The molecule has 0 spiro atoms. The Labute approximate surface area is 86.8 Å². The van der Waals surface area contributed by atoms with Gasteiger partial charge in [0.15, 0.2) is 5.78 Å². The third kappa shape index (κ3) is 2.69. The zero-order chi connectivity index (χ0) is 9.84. The molecule has 0 saturated heterocycles. The van der Waals surface area contributed by atoms with Gasteiger partial charge in [-0.25, -0.2) is 0 Å². The molecule has 0 bridgehead atoms. The minimum Gasteiger partial charge on any atom is -0.313 e. The average molecular weight is 218 g/mol. The van der Waals surface area contributed by atoms with Gasteiger partial charge in [0.1, 0.15) is 0 Å². The van der Waals surface area contributed by atoms with Gasteiger partial charge < -0.3 is 5.32 Å². The number of hydrogen-bond acceptors (Lipinski definition) is 2. The van der Waals surface area contributed by atoms with Crippen LogP contribution < -0.4 is 5.32 Å². The average Bonchev–Trinajstić information content (AvgIpc) is 2.04. The molecule has 0 saturated carbocycles. The van der Waals surface area contributed by atoms with E-state index in [4.69, 9.17) is 23.2 Å². The highest BCUT2D eigenvalue weighted by molar-refractivity contribution is 6.36. The molecule has 0 fully saturated rings. The molecule has 1 N–H and O–H groups in total. The first-order chi connectivity index (χ1) is 6.15. The maximum Gasteiger partial charge on any atom is 0.178 e. The fraction of sp³-hybridized carbons (Fsp3) is 0.222. The second-order valence-corrected chi connectivity index (χ2v) is 3.42. The summed E-state index contributed by atoms with van der Waals surface area (Å²) in [6.45, 7) is 0.279. The quantitative estimate of drug-likeness (QED) is 0.789. The van der Waals surface area contributed by atoms with E-state index in [0.29, 0.717) is 15.6 Å². The van der Waals surface area contributed by atoms with Crippen molar-refractivity contribution in [2.45, 2.75) is 0 Å². The number of ketones is 1. The molecule has 4 heteroatoms. The van der Waals surface area contributed by atoms with Crippen LogP contribution in [0.5, 0.6) is 0 Å². The van der Waals surface area contributed by atoms with Crippen LogP contribution in [0.25, 0.3) is 0 Å². The van der Waals surface area contributed by atoms with Crippen LogP contribution in [-0.4, -0.2) is 19.4 Å². The molecule has 0 aliphatic carbocycles. The highest BCUT2D eigenvalue weighted by atomic mass is 35.5. The molecule has 0 heterocycles. The first kappa shape index (κ1) is 10.5. The van der Waals surface area contributed by atoms with Crippen LogP contribution in [0.15, 0.2) is 18.2 Å². The second kappa shape index (κ2) is 4.61. The van der Waals surface area contributed by atoms with Crippen molar-refractivity contribution in [3.05, 3.63) is 33.8 Å². The largest absolute Gasteiger partial charge is 0.313 e. The summed E-state index contributed by atoms with van der Waals surface area (Å²) in [6.07, 6.45) is 0. The zero-order valence-corrected chi connectivity index (χ0v) is 8.62. The highest BCUT2D eigenvalue weighted by Gasteiger charge is 2.08. The summed E-state index contributed by atoms with van der Waals surface area (Å²) in [7, 11) is 1.71. The summed E-state index contributed by atoms with van der Waals surface area (Å²) in [5.41, 5.74) is 0.500. The maximum atomic E-state index is 11.4. The molecule has 0 atom stereocenters.